The van der Waals surface area contributed by atoms with Crippen LogP contribution in [0.1, 0.15) is 24.0 Å². The van der Waals surface area contributed by atoms with Gasteiger partial charge >= 0.3 is 0 Å². The molecule has 5 heteroatoms. The Balaban J connectivity index is 2.04. The third-order valence-electron chi connectivity index (χ3n) is 3.31. The Labute approximate surface area is 121 Å². The highest BCUT2D eigenvalue weighted by molar-refractivity contribution is 9.10. The monoisotopic (exact) mass is 327 g/mol. The molecule has 0 heterocycles. The van der Waals surface area contributed by atoms with Gasteiger partial charge in [0.25, 0.3) is 5.91 Å². The molecular formula is C14H18BrNO3. The van der Waals surface area contributed by atoms with E-state index in [0.29, 0.717) is 17.4 Å². The number of ether oxygens (including phenoxy) is 1. The first-order valence-electron chi connectivity index (χ1n) is 6.31. The molecule has 19 heavy (non-hydrogen) atoms. The summed E-state index contributed by atoms with van der Waals surface area (Å²) in [6.45, 7) is 1.80. The molecule has 0 saturated heterocycles. The molecule has 1 saturated carbocycles. The number of nitrogens with zero attached hydrogens (tertiary/aromatic N) is 1. The molecule has 4 nitrogen and oxygen atoms in total. The fraction of sp³-hybridized carbons (Fsp3) is 0.500. The van der Waals surface area contributed by atoms with Crippen LogP contribution >= 0.6 is 15.9 Å². The second-order valence-corrected chi connectivity index (χ2v) is 5.81. The lowest BCUT2D eigenvalue weighted by atomic mass is 10.1. The first-order chi connectivity index (χ1) is 9.02. The van der Waals surface area contributed by atoms with E-state index in [1.807, 2.05) is 20.0 Å². The van der Waals surface area contributed by atoms with Gasteiger partial charge < -0.3 is 14.7 Å². The van der Waals surface area contributed by atoms with Crippen LogP contribution in [0.25, 0.3) is 0 Å². The molecule has 0 unspecified atom stereocenters. The Morgan fingerprint density at radius 3 is 2.79 bits per heavy atom. The molecule has 1 N–H and O–H groups in total. The van der Waals surface area contributed by atoms with Crippen molar-refractivity contribution in [3.63, 3.8) is 0 Å². The summed E-state index contributed by atoms with van der Waals surface area (Å²) in [6, 6.07) is 4.10. The average Bonchev–Trinajstić information content (AvgIpc) is 3.19. The van der Waals surface area contributed by atoms with Crippen LogP contribution in [0.15, 0.2) is 16.6 Å². The van der Waals surface area contributed by atoms with E-state index < -0.39 is 0 Å². The smallest absolute Gasteiger partial charge is 0.260 e. The second kappa shape index (κ2) is 5.92. The number of aliphatic hydroxyl groups is 1. The lowest BCUT2D eigenvalue weighted by Gasteiger charge is -2.18. The molecule has 0 aliphatic heterocycles. The molecule has 1 aromatic carbocycles. The molecule has 0 bridgehead atoms. The maximum Gasteiger partial charge on any atom is 0.260 e. The number of rotatable bonds is 5. The number of halogens is 1. The zero-order valence-corrected chi connectivity index (χ0v) is 12.7. The molecule has 104 valence electrons. The number of aliphatic hydroxyl groups excluding tert-OH is 1. The van der Waals surface area contributed by atoms with Crippen molar-refractivity contribution in [3.05, 3.63) is 27.7 Å². The lowest BCUT2D eigenvalue weighted by molar-refractivity contribution is -0.132. The van der Waals surface area contributed by atoms with Crippen LogP contribution in [0.4, 0.5) is 0 Å². The molecule has 0 spiro atoms. The number of benzene rings is 1. The minimum absolute atomic E-state index is 0.0163. The quantitative estimate of drug-likeness (QED) is 0.902. The van der Waals surface area contributed by atoms with Crippen LogP contribution < -0.4 is 4.74 Å². The fourth-order valence-corrected chi connectivity index (χ4v) is 2.64. The van der Waals surface area contributed by atoms with Gasteiger partial charge in [-0.05, 0) is 37.5 Å². The van der Waals surface area contributed by atoms with Crippen molar-refractivity contribution in [3.8, 4) is 5.75 Å². The summed E-state index contributed by atoms with van der Waals surface area (Å²) < 4.78 is 6.49. The molecule has 1 aliphatic rings. The molecule has 1 fully saturated rings. The summed E-state index contributed by atoms with van der Waals surface area (Å²) in [6.07, 6.45) is 2.17. The zero-order chi connectivity index (χ0) is 14.0. The lowest BCUT2D eigenvalue weighted by Crippen LogP contribution is -2.33. The number of amides is 1. The minimum atomic E-state index is -0.109. The van der Waals surface area contributed by atoms with Crippen LogP contribution in [0.2, 0.25) is 0 Å². The van der Waals surface area contributed by atoms with Gasteiger partial charge in [0.05, 0.1) is 6.61 Å². The van der Waals surface area contributed by atoms with Crippen molar-refractivity contribution >= 4 is 21.8 Å². The van der Waals surface area contributed by atoms with Gasteiger partial charge in [0.2, 0.25) is 0 Å². The maximum atomic E-state index is 11.9. The van der Waals surface area contributed by atoms with Crippen molar-refractivity contribution in [1.82, 2.24) is 4.90 Å². The van der Waals surface area contributed by atoms with E-state index in [1.54, 1.807) is 11.0 Å². The molecule has 1 amide bonds. The standard InChI is InChI=1S/C14H18BrNO3/c1-9-5-11(15)6-10(7-17)14(9)19-8-13(18)16(2)12-3-4-12/h5-6,12,17H,3-4,7-8H2,1-2H3. The van der Waals surface area contributed by atoms with Gasteiger partial charge in [-0.3, -0.25) is 4.79 Å². The van der Waals surface area contributed by atoms with Crippen LogP contribution in [0.5, 0.6) is 5.75 Å². The van der Waals surface area contributed by atoms with Crippen LogP contribution in [-0.4, -0.2) is 35.6 Å². The molecule has 0 radical (unpaired) electrons. The van der Waals surface area contributed by atoms with E-state index >= 15 is 0 Å². The number of carbonyl (C=O) groups excluding carboxylic acids is 1. The van der Waals surface area contributed by atoms with Crippen molar-refractivity contribution in [2.24, 2.45) is 0 Å². The highest BCUT2D eigenvalue weighted by atomic mass is 79.9. The Morgan fingerprint density at radius 2 is 2.21 bits per heavy atom. The highest BCUT2D eigenvalue weighted by Gasteiger charge is 2.29. The predicted octanol–water partition coefficient (Wildman–Crippen LogP) is 2.25. The van der Waals surface area contributed by atoms with Crippen LogP contribution in [0, 0.1) is 6.92 Å². The van der Waals surface area contributed by atoms with E-state index in [4.69, 9.17) is 4.74 Å². The third kappa shape index (κ3) is 3.48. The van der Waals surface area contributed by atoms with Crippen molar-refractivity contribution in [2.75, 3.05) is 13.7 Å². The fourth-order valence-electron chi connectivity index (χ4n) is 2.02. The van der Waals surface area contributed by atoms with E-state index in [9.17, 15) is 9.90 Å². The summed E-state index contributed by atoms with van der Waals surface area (Å²) >= 11 is 3.38. The number of hydrogen-bond donors (Lipinski definition) is 1. The van der Waals surface area contributed by atoms with Crippen molar-refractivity contribution < 1.29 is 14.6 Å². The van der Waals surface area contributed by atoms with Crippen LogP contribution in [0.3, 0.4) is 0 Å². The largest absolute Gasteiger partial charge is 0.483 e. The summed E-state index contributed by atoms with van der Waals surface area (Å²) in [5.74, 6) is 0.581. The van der Waals surface area contributed by atoms with E-state index in [1.165, 1.54) is 0 Å². The summed E-state index contributed by atoms with van der Waals surface area (Å²) in [4.78, 5) is 13.6. The molecular weight excluding hydrogens is 310 g/mol. The Bertz CT molecular complexity index is 486. The van der Waals surface area contributed by atoms with Gasteiger partial charge in [0.15, 0.2) is 6.61 Å². The number of likely N-dealkylation sites (N-methyl/N-ethyl adjacent to an activating group) is 1. The second-order valence-electron chi connectivity index (χ2n) is 4.89. The van der Waals surface area contributed by atoms with Crippen LogP contribution in [-0.2, 0) is 11.4 Å². The van der Waals surface area contributed by atoms with Gasteiger partial charge in [-0.15, -0.1) is 0 Å². The molecule has 1 aliphatic carbocycles. The first kappa shape index (κ1) is 14.3. The van der Waals surface area contributed by atoms with Gasteiger partial charge in [0, 0.05) is 23.1 Å². The van der Waals surface area contributed by atoms with Gasteiger partial charge in [0.1, 0.15) is 5.75 Å². The Morgan fingerprint density at radius 1 is 1.53 bits per heavy atom. The average molecular weight is 328 g/mol. The number of aryl methyl sites for hydroxylation is 1. The first-order valence-corrected chi connectivity index (χ1v) is 7.10. The maximum absolute atomic E-state index is 11.9. The Hall–Kier alpha value is -1.07. The van der Waals surface area contributed by atoms with Crippen molar-refractivity contribution in [2.45, 2.75) is 32.4 Å². The van der Waals surface area contributed by atoms with Gasteiger partial charge in [-0.2, -0.15) is 0 Å². The van der Waals surface area contributed by atoms with Gasteiger partial charge in [-0.1, -0.05) is 15.9 Å². The van der Waals surface area contributed by atoms with E-state index in [0.717, 1.165) is 22.9 Å². The van der Waals surface area contributed by atoms with E-state index in [-0.39, 0.29) is 19.1 Å². The normalized spacial score (nSPS) is 14.3. The molecule has 0 atom stereocenters. The Kier molecular flexibility index (Phi) is 4.47. The predicted molar refractivity (Wildman–Crippen MR) is 76.1 cm³/mol. The highest BCUT2D eigenvalue weighted by Crippen LogP contribution is 2.29. The topological polar surface area (TPSA) is 49.8 Å². The zero-order valence-electron chi connectivity index (χ0n) is 11.1. The summed E-state index contributed by atoms with van der Waals surface area (Å²) in [5.41, 5.74) is 1.59. The number of hydrogen-bond acceptors (Lipinski definition) is 3. The SMILES string of the molecule is Cc1cc(Br)cc(CO)c1OCC(=O)N(C)C1CC1. The molecule has 1 aromatic rings. The summed E-state index contributed by atoms with van der Waals surface area (Å²) in [7, 11) is 1.81. The molecule has 0 aromatic heterocycles. The minimum Gasteiger partial charge on any atom is -0.483 e. The molecule has 2 rings (SSSR count). The number of carbonyl (C=O) groups is 1. The van der Waals surface area contributed by atoms with Gasteiger partial charge in [-0.25, -0.2) is 0 Å². The van der Waals surface area contributed by atoms with Crippen molar-refractivity contribution in [1.29, 1.82) is 0 Å². The third-order valence-corrected chi connectivity index (χ3v) is 3.77. The summed E-state index contributed by atoms with van der Waals surface area (Å²) in [5, 5.41) is 9.34. The van der Waals surface area contributed by atoms with E-state index in [2.05, 4.69) is 15.9 Å².